The van der Waals surface area contributed by atoms with Crippen molar-refractivity contribution in [3.63, 3.8) is 0 Å². The molecule has 1 saturated carbocycles. The van der Waals surface area contributed by atoms with Gasteiger partial charge in [0.1, 0.15) is 5.75 Å². The van der Waals surface area contributed by atoms with Crippen LogP contribution in [0.2, 0.25) is 0 Å². The number of carbonyl (C=O) groups excluding carboxylic acids is 1. The van der Waals surface area contributed by atoms with Crippen molar-refractivity contribution in [2.75, 3.05) is 46.0 Å². The first kappa shape index (κ1) is 17.8. The second-order valence-electron chi connectivity index (χ2n) is 8.02. The highest BCUT2D eigenvalue weighted by atomic mass is 16.5. The predicted molar refractivity (Wildman–Crippen MR) is 100 cm³/mol. The monoisotopic (exact) mass is 358 g/mol. The maximum Gasteiger partial charge on any atom is 0.260 e. The summed E-state index contributed by atoms with van der Waals surface area (Å²) in [6.45, 7) is 6.22. The fraction of sp³-hybridized carbons (Fsp3) is 0.667. The molecular weight excluding hydrogens is 328 g/mol. The highest BCUT2D eigenvalue weighted by Gasteiger charge is 2.30. The summed E-state index contributed by atoms with van der Waals surface area (Å²) in [5.41, 5.74) is 1.33. The highest BCUT2D eigenvalue weighted by molar-refractivity contribution is 5.77. The number of hydrogen-bond acceptors (Lipinski definition) is 4. The zero-order valence-corrected chi connectivity index (χ0v) is 15.6. The molecule has 2 bridgehead atoms. The lowest BCUT2D eigenvalue weighted by atomic mass is 9.78. The van der Waals surface area contributed by atoms with Gasteiger partial charge in [-0.3, -0.25) is 9.69 Å². The number of ether oxygens (including phenoxy) is 2. The number of likely N-dealkylation sites (tertiary alicyclic amines) is 1. The number of piperidine rings is 1. The van der Waals surface area contributed by atoms with Crippen LogP contribution in [0.15, 0.2) is 24.3 Å². The smallest absolute Gasteiger partial charge is 0.260 e. The van der Waals surface area contributed by atoms with Crippen LogP contribution in [0.4, 0.5) is 0 Å². The first-order valence-electron chi connectivity index (χ1n) is 10.1. The van der Waals surface area contributed by atoms with E-state index in [-0.39, 0.29) is 12.5 Å². The topological polar surface area (TPSA) is 42.0 Å². The maximum atomic E-state index is 12.1. The van der Waals surface area contributed by atoms with Crippen molar-refractivity contribution in [1.29, 1.82) is 0 Å². The van der Waals surface area contributed by atoms with Gasteiger partial charge >= 0.3 is 0 Å². The van der Waals surface area contributed by atoms with E-state index in [1.807, 2.05) is 17.0 Å². The minimum Gasteiger partial charge on any atom is -0.484 e. The van der Waals surface area contributed by atoms with Gasteiger partial charge in [0.25, 0.3) is 5.91 Å². The lowest BCUT2D eigenvalue weighted by Gasteiger charge is -2.41. The van der Waals surface area contributed by atoms with Crippen LogP contribution in [0, 0.1) is 11.8 Å². The molecule has 0 unspecified atom stereocenters. The Morgan fingerprint density at radius 1 is 1.08 bits per heavy atom. The van der Waals surface area contributed by atoms with Gasteiger partial charge in [-0.15, -0.1) is 0 Å². The van der Waals surface area contributed by atoms with E-state index < -0.39 is 0 Å². The number of fused-ring (bicyclic) bond motifs is 2. The third kappa shape index (κ3) is 4.57. The maximum absolute atomic E-state index is 12.1. The van der Waals surface area contributed by atoms with Crippen LogP contribution in [0.5, 0.6) is 5.75 Å². The van der Waals surface area contributed by atoms with Crippen molar-refractivity contribution in [2.45, 2.75) is 32.2 Å². The number of benzene rings is 1. The summed E-state index contributed by atoms with van der Waals surface area (Å²) < 4.78 is 11.0. The molecule has 2 heterocycles. The Hall–Kier alpha value is -1.59. The molecule has 3 aliphatic rings. The van der Waals surface area contributed by atoms with E-state index in [0.717, 1.165) is 24.1 Å². The number of rotatable bonds is 5. The Morgan fingerprint density at radius 3 is 2.46 bits per heavy atom. The molecular formula is C21H30N2O3. The van der Waals surface area contributed by atoms with Gasteiger partial charge in [0.05, 0.1) is 13.2 Å². The molecule has 5 nitrogen and oxygen atoms in total. The molecule has 2 saturated heterocycles. The molecule has 3 fully saturated rings. The summed E-state index contributed by atoms with van der Waals surface area (Å²) >= 11 is 0. The summed E-state index contributed by atoms with van der Waals surface area (Å²) in [5.74, 6) is 2.63. The third-order valence-electron chi connectivity index (χ3n) is 5.98. The number of amides is 1. The predicted octanol–water partition coefficient (Wildman–Crippen LogP) is 2.55. The minimum absolute atomic E-state index is 0.0391. The minimum atomic E-state index is 0.0391. The highest BCUT2D eigenvalue weighted by Crippen LogP contribution is 2.34. The van der Waals surface area contributed by atoms with Crippen LogP contribution < -0.4 is 4.74 Å². The van der Waals surface area contributed by atoms with Gasteiger partial charge in [0.15, 0.2) is 6.61 Å². The molecule has 1 aliphatic carbocycles. The van der Waals surface area contributed by atoms with E-state index in [0.29, 0.717) is 26.3 Å². The fourth-order valence-electron chi connectivity index (χ4n) is 4.67. The molecule has 1 amide bonds. The quantitative estimate of drug-likeness (QED) is 0.811. The summed E-state index contributed by atoms with van der Waals surface area (Å²) in [6, 6.07) is 8.26. The first-order valence-corrected chi connectivity index (χ1v) is 10.1. The Labute approximate surface area is 156 Å². The largest absolute Gasteiger partial charge is 0.484 e. The first-order chi connectivity index (χ1) is 12.8. The van der Waals surface area contributed by atoms with Gasteiger partial charge in [-0.1, -0.05) is 18.6 Å². The van der Waals surface area contributed by atoms with Gasteiger partial charge in [0, 0.05) is 32.7 Å². The zero-order valence-electron chi connectivity index (χ0n) is 15.6. The molecule has 5 heteroatoms. The van der Waals surface area contributed by atoms with Gasteiger partial charge in [-0.05, 0) is 48.8 Å². The number of morpholine rings is 1. The van der Waals surface area contributed by atoms with Crippen LogP contribution in [0.3, 0.4) is 0 Å². The summed E-state index contributed by atoms with van der Waals surface area (Å²) in [5, 5.41) is 0. The van der Waals surface area contributed by atoms with E-state index in [4.69, 9.17) is 9.47 Å². The molecule has 26 heavy (non-hydrogen) atoms. The fourth-order valence-corrected chi connectivity index (χ4v) is 4.67. The summed E-state index contributed by atoms with van der Waals surface area (Å²) in [6.07, 6.45) is 5.70. The Morgan fingerprint density at radius 2 is 1.77 bits per heavy atom. The van der Waals surface area contributed by atoms with Gasteiger partial charge < -0.3 is 14.4 Å². The summed E-state index contributed by atoms with van der Waals surface area (Å²) in [7, 11) is 0. The molecule has 142 valence electrons. The van der Waals surface area contributed by atoms with Crippen LogP contribution in [0.25, 0.3) is 0 Å². The SMILES string of the molecule is O=C(COc1ccc(CN2C[C@H]3CCC[C@@H](C3)C2)cc1)N1CCOCC1. The van der Waals surface area contributed by atoms with Crippen LogP contribution in [-0.4, -0.2) is 61.7 Å². The number of nitrogens with zero attached hydrogens (tertiary/aromatic N) is 2. The van der Waals surface area contributed by atoms with Gasteiger partial charge in [-0.25, -0.2) is 0 Å². The van der Waals surface area contributed by atoms with Crippen molar-refractivity contribution in [3.05, 3.63) is 29.8 Å². The molecule has 4 rings (SSSR count). The number of carbonyl (C=O) groups is 1. The normalized spacial score (nSPS) is 26.5. The molecule has 0 N–H and O–H groups in total. The Kier molecular flexibility index (Phi) is 5.75. The van der Waals surface area contributed by atoms with Gasteiger partial charge in [-0.2, -0.15) is 0 Å². The Balaban J connectivity index is 1.25. The van der Waals surface area contributed by atoms with E-state index >= 15 is 0 Å². The second-order valence-corrected chi connectivity index (χ2v) is 8.02. The lowest BCUT2D eigenvalue weighted by Crippen LogP contribution is -2.43. The standard InChI is InChI=1S/C21H30N2O3/c24-21(23-8-10-25-11-9-23)16-26-20-6-4-17(5-7-20)13-22-14-18-2-1-3-19(12-18)15-22/h4-7,18-19H,1-3,8-16H2/t18-,19-/m0/s1. The van der Waals surface area contributed by atoms with Gasteiger partial charge in [0.2, 0.25) is 0 Å². The number of hydrogen-bond donors (Lipinski definition) is 0. The molecule has 2 aliphatic heterocycles. The van der Waals surface area contributed by atoms with Crippen molar-refractivity contribution >= 4 is 5.91 Å². The zero-order chi connectivity index (χ0) is 17.8. The molecule has 1 aromatic carbocycles. The average Bonchev–Trinajstić information content (AvgIpc) is 2.68. The molecule has 0 radical (unpaired) electrons. The molecule has 0 aromatic heterocycles. The molecule has 1 aromatic rings. The third-order valence-corrected chi connectivity index (χ3v) is 5.98. The van der Waals surface area contributed by atoms with Crippen LogP contribution >= 0.6 is 0 Å². The second kappa shape index (κ2) is 8.40. The van der Waals surface area contributed by atoms with Crippen LogP contribution in [0.1, 0.15) is 31.2 Å². The average molecular weight is 358 g/mol. The van der Waals surface area contributed by atoms with E-state index in [2.05, 4.69) is 17.0 Å². The lowest BCUT2D eigenvalue weighted by molar-refractivity contribution is -0.137. The summed E-state index contributed by atoms with van der Waals surface area (Å²) in [4.78, 5) is 16.6. The van der Waals surface area contributed by atoms with Crippen molar-refractivity contribution < 1.29 is 14.3 Å². The van der Waals surface area contributed by atoms with E-state index in [1.54, 1.807) is 0 Å². The van der Waals surface area contributed by atoms with Crippen LogP contribution in [-0.2, 0) is 16.1 Å². The van der Waals surface area contributed by atoms with Crippen molar-refractivity contribution in [3.8, 4) is 5.75 Å². The van der Waals surface area contributed by atoms with E-state index in [1.165, 1.54) is 44.3 Å². The molecule has 0 spiro atoms. The Bertz CT molecular complexity index is 586. The van der Waals surface area contributed by atoms with E-state index in [9.17, 15) is 4.79 Å². The van der Waals surface area contributed by atoms with Crippen molar-refractivity contribution in [1.82, 2.24) is 9.80 Å². The molecule has 2 atom stereocenters. The van der Waals surface area contributed by atoms with Crippen molar-refractivity contribution in [2.24, 2.45) is 11.8 Å².